The van der Waals surface area contributed by atoms with E-state index in [0.717, 1.165) is 12.1 Å². The number of amides is 2. The van der Waals surface area contributed by atoms with Crippen molar-refractivity contribution in [2.45, 2.75) is 19.0 Å². The Labute approximate surface area is 198 Å². The van der Waals surface area contributed by atoms with E-state index in [-0.39, 0.29) is 29.1 Å². The molecule has 1 saturated heterocycles. The zero-order chi connectivity index (χ0) is 24.3. The van der Waals surface area contributed by atoms with Crippen LogP contribution in [0.4, 0.5) is 18.2 Å². The molecule has 176 valence electrons. The highest BCUT2D eigenvalue weighted by Crippen LogP contribution is 2.30. The van der Waals surface area contributed by atoms with Crippen molar-refractivity contribution >= 4 is 33.9 Å². The lowest BCUT2D eigenvalue weighted by Crippen LogP contribution is -2.41. The zero-order valence-electron chi connectivity index (χ0n) is 18.0. The summed E-state index contributed by atoms with van der Waals surface area (Å²) < 4.78 is 38.2. The smallest absolute Gasteiger partial charge is 0.339 e. The summed E-state index contributed by atoms with van der Waals surface area (Å²) in [5.74, 6) is -1.08. The number of likely N-dealkylation sites (tertiary alicyclic amines) is 1. The van der Waals surface area contributed by atoms with E-state index < -0.39 is 11.7 Å². The first-order valence-corrected chi connectivity index (χ1v) is 11.6. The molecule has 4 rings (SSSR count). The Morgan fingerprint density at radius 3 is 2.15 bits per heavy atom. The topological polar surface area (TPSA) is 66.5 Å². The van der Waals surface area contributed by atoms with E-state index in [1.165, 1.54) is 23.5 Å². The molecule has 1 N–H and O–H groups in total. The largest absolute Gasteiger partial charge is 0.416 e. The van der Waals surface area contributed by atoms with Crippen molar-refractivity contribution in [1.29, 1.82) is 0 Å². The van der Waals surface area contributed by atoms with Crippen LogP contribution in [0.25, 0.3) is 0 Å². The van der Waals surface area contributed by atoms with Gasteiger partial charge in [0.1, 0.15) is 5.00 Å². The van der Waals surface area contributed by atoms with Crippen LogP contribution in [0.5, 0.6) is 0 Å². The minimum absolute atomic E-state index is 0.172. The lowest BCUT2D eigenvalue weighted by atomic mass is 9.95. The van der Waals surface area contributed by atoms with Crippen LogP contribution in [-0.4, -0.2) is 35.6 Å². The van der Waals surface area contributed by atoms with E-state index in [4.69, 9.17) is 0 Å². The highest BCUT2D eigenvalue weighted by atomic mass is 32.1. The molecule has 0 spiro atoms. The molecule has 0 aliphatic carbocycles. The molecule has 9 heteroatoms. The molecule has 0 bridgehead atoms. The maximum Gasteiger partial charge on any atom is 0.416 e. The molecule has 2 heterocycles. The van der Waals surface area contributed by atoms with E-state index in [1.54, 1.807) is 40.6 Å². The number of anilines is 1. The second-order valence-electron chi connectivity index (χ2n) is 7.99. The predicted octanol–water partition coefficient (Wildman–Crippen LogP) is 5.49. The fourth-order valence-corrected chi connectivity index (χ4v) is 4.66. The molecule has 1 fully saturated rings. The molecular formula is C25H21F3N2O3S. The van der Waals surface area contributed by atoms with Gasteiger partial charge in [-0.2, -0.15) is 13.2 Å². The molecule has 1 aromatic heterocycles. The van der Waals surface area contributed by atoms with Gasteiger partial charge in [-0.3, -0.25) is 14.4 Å². The highest BCUT2D eigenvalue weighted by molar-refractivity contribution is 7.14. The van der Waals surface area contributed by atoms with Crippen LogP contribution in [0.1, 0.15) is 44.7 Å². The van der Waals surface area contributed by atoms with Gasteiger partial charge >= 0.3 is 6.18 Å². The number of ketones is 1. The Morgan fingerprint density at radius 2 is 1.53 bits per heavy atom. The number of hydrogen-bond acceptors (Lipinski definition) is 4. The number of hydrogen-bond donors (Lipinski definition) is 1. The first-order chi connectivity index (χ1) is 16.2. The average Bonchev–Trinajstić information content (AvgIpc) is 3.31. The molecule has 34 heavy (non-hydrogen) atoms. The normalized spacial score (nSPS) is 14.6. The van der Waals surface area contributed by atoms with Gasteiger partial charge in [0.2, 0.25) is 5.91 Å². The van der Waals surface area contributed by atoms with Crippen LogP contribution in [0, 0.1) is 5.92 Å². The van der Waals surface area contributed by atoms with Gasteiger partial charge in [-0.1, -0.05) is 30.3 Å². The van der Waals surface area contributed by atoms with E-state index in [0.29, 0.717) is 42.1 Å². The van der Waals surface area contributed by atoms with Crippen LogP contribution in [-0.2, 0) is 11.0 Å². The second kappa shape index (κ2) is 9.80. The molecule has 0 saturated carbocycles. The summed E-state index contributed by atoms with van der Waals surface area (Å²) in [5, 5.41) is 5.09. The van der Waals surface area contributed by atoms with Crippen molar-refractivity contribution in [3.63, 3.8) is 0 Å². The maximum atomic E-state index is 12.8. The lowest BCUT2D eigenvalue weighted by molar-refractivity contribution is -0.137. The molecule has 2 amide bonds. The molecule has 2 aromatic carbocycles. The number of rotatable bonds is 5. The fraction of sp³-hybridized carbons (Fsp3) is 0.240. The third kappa shape index (κ3) is 5.20. The number of thiophene rings is 1. The quantitative estimate of drug-likeness (QED) is 0.485. The minimum atomic E-state index is -4.46. The first-order valence-electron chi connectivity index (χ1n) is 10.7. The van der Waals surface area contributed by atoms with E-state index in [1.807, 2.05) is 6.07 Å². The summed E-state index contributed by atoms with van der Waals surface area (Å²) in [4.78, 5) is 39.8. The van der Waals surface area contributed by atoms with Crippen molar-refractivity contribution < 1.29 is 27.6 Å². The Hall–Kier alpha value is -3.46. The molecule has 1 aliphatic rings. The molecule has 3 aromatic rings. The third-order valence-corrected chi connectivity index (χ3v) is 6.62. The Balaban J connectivity index is 1.34. The molecule has 5 nitrogen and oxygen atoms in total. The monoisotopic (exact) mass is 486 g/mol. The van der Waals surface area contributed by atoms with Gasteiger partial charge in [0.05, 0.1) is 11.1 Å². The summed E-state index contributed by atoms with van der Waals surface area (Å²) in [6.45, 7) is 0.635. The minimum Gasteiger partial charge on any atom is -0.339 e. The first kappa shape index (κ1) is 23.7. The molecule has 0 radical (unpaired) electrons. The molecule has 0 unspecified atom stereocenters. The Bertz CT molecular complexity index is 1180. The summed E-state index contributed by atoms with van der Waals surface area (Å²) >= 11 is 1.27. The Morgan fingerprint density at radius 1 is 0.882 bits per heavy atom. The van der Waals surface area contributed by atoms with E-state index in [9.17, 15) is 27.6 Å². The maximum absolute atomic E-state index is 12.8. The number of carbonyl (C=O) groups is 3. The van der Waals surface area contributed by atoms with Gasteiger partial charge in [-0.05, 0) is 48.6 Å². The third-order valence-electron chi connectivity index (χ3n) is 5.79. The van der Waals surface area contributed by atoms with Gasteiger partial charge in [-0.25, -0.2) is 0 Å². The summed E-state index contributed by atoms with van der Waals surface area (Å²) in [6, 6.07) is 14.6. The van der Waals surface area contributed by atoms with Crippen molar-refractivity contribution in [3.8, 4) is 0 Å². The van der Waals surface area contributed by atoms with Crippen molar-refractivity contribution in [1.82, 2.24) is 4.90 Å². The summed E-state index contributed by atoms with van der Waals surface area (Å²) in [6.07, 6.45) is -3.61. The zero-order valence-corrected chi connectivity index (χ0v) is 18.8. The Kier molecular flexibility index (Phi) is 6.83. The van der Waals surface area contributed by atoms with Gasteiger partial charge in [-0.15, -0.1) is 11.3 Å². The number of alkyl halides is 3. The number of benzene rings is 2. The average molecular weight is 487 g/mol. The highest BCUT2D eigenvalue weighted by Gasteiger charge is 2.32. The number of piperidine rings is 1. The van der Waals surface area contributed by atoms with Crippen LogP contribution in [0.3, 0.4) is 0 Å². The SMILES string of the molecule is O=C(c1ccccc1)c1ccsc1NC(=O)C1CCN(C(=O)c2ccc(C(F)(F)F)cc2)CC1. The van der Waals surface area contributed by atoms with E-state index in [2.05, 4.69) is 5.32 Å². The van der Waals surface area contributed by atoms with Crippen LogP contribution in [0.15, 0.2) is 66.0 Å². The summed E-state index contributed by atoms with van der Waals surface area (Å²) in [7, 11) is 0. The molecular weight excluding hydrogens is 465 g/mol. The fourth-order valence-electron chi connectivity index (χ4n) is 3.87. The van der Waals surface area contributed by atoms with Crippen molar-refractivity contribution in [2.75, 3.05) is 18.4 Å². The second-order valence-corrected chi connectivity index (χ2v) is 8.91. The van der Waals surface area contributed by atoms with Crippen LogP contribution >= 0.6 is 11.3 Å². The van der Waals surface area contributed by atoms with Gasteiger partial charge in [0, 0.05) is 30.1 Å². The van der Waals surface area contributed by atoms with Gasteiger partial charge in [0.25, 0.3) is 5.91 Å². The number of carbonyl (C=O) groups excluding carboxylic acids is 3. The number of halogens is 3. The number of nitrogens with zero attached hydrogens (tertiary/aromatic N) is 1. The van der Waals surface area contributed by atoms with Crippen LogP contribution in [0.2, 0.25) is 0 Å². The van der Waals surface area contributed by atoms with Crippen molar-refractivity contribution in [3.05, 3.63) is 88.3 Å². The standard InChI is InChI=1S/C25H21F3N2O3S/c26-25(27,28)19-8-6-18(7-9-19)24(33)30-13-10-17(11-14-30)22(32)29-23-20(12-15-34-23)21(31)16-4-2-1-3-5-16/h1-9,12,15,17H,10-11,13-14H2,(H,29,32). The molecule has 1 aliphatic heterocycles. The lowest BCUT2D eigenvalue weighted by Gasteiger charge is -2.31. The van der Waals surface area contributed by atoms with E-state index >= 15 is 0 Å². The predicted molar refractivity (Wildman–Crippen MR) is 123 cm³/mol. The van der Waals surface area contributed by atoms with Gasteiger partial charge < -0.3 is 10.2 Å². The van der Waals surface area contributed by atoms with Gasteiger partial charge in [0.15, 0.2) is 5.78 Å². The number of nitrogens with one attached hydrogen (secondary N) is 1. The van der Waals surface area contributed by atoms with Crippen LogP contribution < -0.4 is 5.32 Å². The summed E-state index contributed by atoms with van der Waals surface area (Å²) in [5.41, 5.74) is 0.336. The van der Waals surface area contributed by atoms with Crippen molar-refractivity contribution in [2.24, 2.45) is 5.92 Å². The molecule has 0 atom stereocenters.